The highest BCUT2D eigenvalue weighted by atomic mass is 16.5. The number of ketones is 1. The Kier molecular flexibility index (Phi) is 12.2. The molecule has 0 spiro atoms. The molecule has 0 heterocycles. The smallest absolute Gasteiger partial charge is 0.337 e. The monoisotopic (exact) mass is 702 g/mol. The molecule has 6 atom stereocenters. The van der Waals surface area contributed by atoms with Crippen molar-refractivity contribution in [1.82, 2.24) is 0 Å². The maximum atomic E-state index is 12.8. The van der Waals surface area contributed by atoms with Crippen molar-refractivity contribution < 1.29 is 34.1 Å². The SMILES string of the molecule is CCC[C@@]1(O)CC[C@@]2(CC)c3ccc(C(=O)OC)cc3C(=O)CC[C@H]2C1.CCC[C@@]1(O)CC[C@@]2(CC)c3ccc(C(=O)OC)cc3CCC[C@H]2C1. The first-order valence-electron chi connectivity index (χ1n) is 19.8. The van der Waals surface area contributed by atoms with Crippen molar-refractivity contribution in [3.8, 4) is 0 Å². The molecule has 2 aromatic carbocycles. The van der Waals surface area contributed by atoms with Gasteiger partial charge in [0.2, 0.25) is 0 Å². The summed E-state index contributed by atoms with van der Waals surface area (Å²) < 4.78 is 9.72. The number of Topliss-reactive ketones (excluding diaryl/α,β-unsaturated/α-hetero) is 1. The highest BCUT2D eigenvalue weighted by Crippen LogP contribution is 2.56. The molecule has 2 fully saturated rings. The molecule has 0 radical (unpaired) electrons. The Bertz CT molecular complexity index is 1580. The van der Waals surface area contributed by atoms with Crippen molar-refractivity contribution in [2.45, 2.75) is 159 Å². The molecular formula is C44H62O7. The van der Waals surface area contributed by atoms with Crippen LogP contribution in [0.15, 0.2) is 36.4 Å². The molecule has 2 aromatic rings. The number of aryl methyl sites for hydroxylation is 1. The number of carbonyl (C=O) groups excluding carboxylic acids is 3. The lowest BCUT2D eigenvalue weighted by Gasteiger charge is -2.50. The number of benzene rings is 2. The summed E-state index contributed by atoms with van der Waals surface area (Å²) in [6, 6.07) is 11.6. The molecule has 6 rings (SSSR count). The topological polar surface area (TPSA) is 110 Å². The van der Waals surface area contributed by atoms with Gasteiger partial charge in [0.05, 0.1) is 36.5 Å². The number of hydrogen-bond donors (Lipinski definition) is 2. The van der Waals surface area contributed by atoms with Gasteiger partial charge in [-0.25, -0.2) is 9.59 Å². The van der Waals surface area contributed by atoms with E-state index in [1.165, 1.54) is 31.8 Å². The summed E-state index contributed by atoms with van der Waals surface area (Å²) >= 11 is 0. The molecule has 2 N–H and O–H groups in total. The molecule has 0 aliphatic heterocycles. The second-order valence-electron chi connectivity index (χ2n) is 16.2. The van der Waals surface area contributed by atoms with E-state index in [1.54, 1.807) is 12.1 Å². The number of rotatable bonds is 8. The van der Waals surface area contributed by atoms with Gasteiger partial charge in [-0.15, -0.1) is 0 Å². The predicted molar refractivity (Wildman–Crippen MR) is 200 cm³/mol. The minimum atomic E-state index is -0.600. The van der Waals surface area contributed by atoms with Gasteiger partial charge >= 0.3 is 11.9 Å². The van der Waals surface area contributed by atoms with Gasteiger partial charge in [0.25, 0.3) is 0 Å². The van der Waals surface area contributed by atoms with Gasteiger partial charge in [-0.05, 0) is 154 Å². The van der Waals surface area contributed by atoms with Gasteiger partial charge < -0.3 is 19.7 Å². The van der Waals surface area contributed by atoms with Crippen molar-refractivity contribution in [3.05, 3.63) is 69.8 Å². The third-order valence-electron chi connectivity index (χ3n) is 13.6. The summed E-state index contributed by atoms with van der Waals surface area (Å²) in [6.45, 7) is 8.75. The highest BCUT2D eigenvalue weighted by molar-refractivity contribution is 6.01. The molecular weight excluding hydrogens is 640 g/mol. The van der Waals surface area contributed by atoms with Gasteiger partial charge in [0, 0.05) is 12.0 Å². The van der Waals surface area contributed by atoms with Crippen LogP contribution < -0.4 is 0 Å². The summed E-state index contributed by atoms with van der Waals surface area (Å²) in [7, 11) is 2.79. The Hall–Kier alpha value is -3.03. The number of carbonyl (C=O) groups is 3. The van der Waals surface area contributed by atoms with E-state index in [4.69, 9.17) is 9.47 Å². The summed E-state index contributed by atoms with van der Waals surface area (Å²) in [5.74, 6) is 0.273. The number of hydrogen-bond acceptors (Lipinski definition) is 7. The average molecular weight is 703 g/mol. The zero-order chi connectivity index (χ0) is 37.0. The average Bonchev–Trinajstić information content (AvgIpc) is 3.36. The maximum absolute atomic E-state index is 12.8. The Balaban J connectivity index is 0.000000198. The molecule has 4 aliphatic carbocycles. The standard InChI is InChI=1S/C22H30O4.C22H32O3/c1-4-10-21(25)11-12-22(5-2)16(14-21)7-9-19(23)17-13-15(20(24)26-3)6-8-18(17)22;1-4-11-21(24)12-13-22(5-2)18(15-21)8-6-7-16-14-17(20(23)25-3)9-10-19(16)22/h6,8,13,16,25H,4-5,7,9-12,14H2,1-3H3;9-10,14,18,24H,4-8,11-13,15H2,1-3H3/t16-,21+,22+;18-,21+,22+/m00/s1. The molecule has 51 heavy (non-hydrogen) atoms. The van der Waals surface area contributed by atoms with Crippen LogP contribution in [0.3, 0.4) is 0 Å². The third-order valence-corrected chi connectivity index (χ3v) is 13.6. The predicted octanol–water partition coefficient (Wildman–Crippen LogP) is 9.22. The minimum Gasteiger partial charge on any atom is -0.465 e. The molecule has 0 unspecified atom stereocenters. The molecule has 0 bridgehead atoms. The maximum Gasteiger partial charge on any atom is 0.337 e. The summed E-state index contributed by atoms with van der Waals surface area (Å²) in [6.07, 6.45) is 15.7. The van der Waals surface area contributed by atoms with Crippen LogP contribution in [0, 0.1) is 11.8 Å². The second kappa shape index (κ2) is 15.9. The summed E-state index contributed by atoms with van der Waals surface area (Å²) in [4.78, 5) is 36.7. The van der Waals surface area contributed by atoms with Crippen molar-refractivity contribution in [3.63, 3.8) is 0 Å². The zero-order valence-electron chi connectivity index (χ0n) is 32.1. The van der Waals surface area contributed by atoms with Gasteiger partial charge in [-0.1, -0.05) is 52.7 Å². The number of ether oxygens (including phenoxy) is 2. The lowest BCUT2D eigenvalue weighted by atomic mass is 9.56. The first-order chi connectivity index (χ1) is 24.4. The van der Waals surface area contributed by atoms with E-state index < -0.39 is 17.2 Å². The lowest BCUT2D eigenvalue weighted by Crippen LogP contribution is -2.47. The van der Waals surface area contributed by atoms with Crippen LogP contribution in [0.5, 0.6) is 0 Å². The van der Waals surface area contributed by atoms with Crippen molar-refractivity contribution in [2.24, 2.45) is 11.8 Å². The second-order valence-corrected chi connectivity index (χ2v) is 16.2. The Labute approximate surface area is 305 Å². The highest BCUT2D eigenvalue weighted by Gasteiger charge is 2.51. The van der Waals surface area contributed by atoms with Crippen LogP contribution in [0.1, 0.15) is 178 Å². The zero-order valence-corrected chi connectivity index (χ0v) is 32.1. The van der Waals surface area contributed by atoms with Crippen LogP contribution in [-0.2, 0) is 26.7 Å². The van der Waals surface area contributed by atoms with Gasteiger partial charge in [0.1, 0.15) is 0 Å². The fourth-order valence-corrected chi connectivity index (χ4v) is 11.0. The largest absolute Gasteiger partial charge is 0.465 e. The van der Waals surface area contributed by atoms with E-state index in [0.29, 0.717) is 34.9 Å². The molecule has 280 valence electrons. The number of esters is 2. The summed E-state index contributed by atoms with van der Waals surface area (Å²) in [5.41, 5.74) is 4.56. The summed E-state index contributed by atoms with van der Waals surface area (Å²) in [5, 5.41) is 22.1. The van der Waals surface area contributed by atoms with E-state index in [1.807, 2.05) is 18.2 Å². The normalized spacial score (nSPS) is 31.3. The van der Waals surface area contributed by atoms with E-state index in [2.05, 4.69) is 33.8 Å². The molecule has 4 aliphatic rings. The molecule has 0 aromatic heterocycles. The first-order valence-corrected chi connectivity index (χ1v) is 19.8. The number of methoxy groups -OCH3 is 2. The molecule has 0 amide bonds. The minimum absolute atomic E-state index is 0.0872. The quantitative estimate of drug-likeness (QED) is 0.264. The molecule has 7 heteroatoms. The third kappa shape index (κ3) is 7.58. The van der Waals surface area contributed by atoms with E-state index in [0.717, 1.165) is 102 Å². The first kappa shape index (κ1) is 39.2. The van der Waals surface area contributed by atoms with Crippen LogP contribution in [0.25, 0.3) is 0 Å². The van der Waals surface area contributed by atoms with Crippen molar-refractivity contribution >= 4 is 17.7 Å². The Morgan fingerprint density at radius 1 is 0.706 bits per heavy atom. The number of aliphatic hydroxyl groups is 2. The Morgan fingerprint density at radius 2 is 1.22 bits per heavy atom. The fraction of sp³-hybridized carbons (Fsp3) is 0.659. The van der Waals surface area contributed by atoms with Crippen molar-refractivity contribution in [1.29, 1.82) is 0 Å². The van der Waals surface area contributed by atoms with E-state index in [-0.39, 0.29) is 22.6 Å². The fourth-order valence-electron chi connectivity index (χ4n) is 11.0. The van der Waals surface area contributed by atoms with Crippen LogP contribution in [0.4, 0.5) is 0 Å². The van der Waals surface area contributed by atoms with Crippen LogP contribution in [0.2, 0.25) is 0 Å². The van der Waals surface area contributed by atoms with Gasteiger partial charge in [0.15, 0.2) is 5.78 Å². The van der Waals surface area contributed by atoms with Gasteiger partial charge in [-0.2, -0.15) is 0 Å². The molecule has 2 saturated carbocycles. The van der Waals surface area contributed by atoms with E-state index in [9.17, 15) is 24.6 Å². The molecule has 7 nitrogen and oxygen atoms in total. The lowest BCUT2D eigenvalue weighted by molar-refractivity contribution is -0.0544. The van der Waals surface area contributed by atoms with E-state index >= 15 is 0 Å². The van der Waals surface area contributed by atoms with Crippen molar-refractivity contribution in [2.75, 3.05) is 14.2 Å². The van der Waals surface area contributed by atoms with Crippen LogP contribution >= 0.6 is 0 Å². The van der Waals surface area contributed by atoms with Crippen LogP contribution in [-0.4, -0.2) is 53.4 Å². The Morgan fingerprint density at radius 3 is 1.75 bits per heavy atom. The van der Waals surface area contributed by atoms with Gasteiger partial charge in [-0.3, -0.25) is 4.79 Å². The molecule has 0 saturated heterocycles. The number of fused-ring (bicyclic) bond motifs is 6.